The normalized spacial score (nSPS) is 10.2. The summed E-state index contributed by atoms with van der Waals surface area (Å²) in [5, 5.41) is 6.09. The molecule has 0 aliphatic rings. The molecule has 25 heavy (non-hydrogen) atoms. The first-order chi connectivity index (χ1) is 11.9. The number of para-hydroxylation sites is 1. The fourth-order valence-corrected chi connectivity index (χ4v) is 2.49. The number of benzene rings is 2. The van der Waals surface area contributed by atoms with Crippen molar-refractivity contribution >= 4 is 40.7 Å². The summed E-state index contributed by atoms with van der Waals surface area (Å²) in [6.07, 6.45) is 0. The highest BCUT2D eigenvalue weighted by atomic mass is 35.5. The number of aryl methyl sites for hydroxylation is 2. The van der Waals surface area contributed by atoms with Crippen LogP contribution < -0.4 is 15.4 Å². The fourth-order valence-electron chi connectivity index (χ4n) is 2.16. The molecule has 0 radical (unpaired) electrons. The first kappa shape index (κ1) is 19.1. The topological polar surface area (TPSA) is 67.4 Å². The average Bonchev–Trinajstić information content (AvgIpc) is 2.57. The van der Waals surface area contributed by atoms with Gasteiger partial charge >= 0.3 is 0 Å². The second kappa shape index (κ2) is 8.74. The third-order valence-electron chi connectivity index (χ3n) is 3.44. The largest absolute Gasteiger partial charge is 0.482 e. The Morgan fingerprint density at radius 3 is 2.40 bits per heavy atom. The highest BCUT2D eigenvalue weighted by molar-refractivity contribution is 6.34. The van der Waals surface area contributed by atoms with Crippen LogP contribution in [0.5, 0.6) is 5.75 Å². The molecule has 0 fully saturated rings. The average molecular weight is 381 g/mol. The van der Waals surface area contributed by atoms with Gasteiger partial charge in [-0.1, -0.05) is 41.4 Å². The smallest absolute Gasteiger partial charge is 0.258 e. The third kappa shape index (κ3) is 5.66. The minimum atomic E-state index is -0.437. The summed E-state index contributed by atoms with van der Waals surface area (Å²) in [5.41, 5.74) is 2.67. The molecule has 5 nitrogen and oxygen atoms in total. The molecule has 0 aliphatic heterocycles. The molecular formula is C18H18Cl2N2O3. The zero-order valence-corrected chi connectivity index (χ0v) is 15.4. The first-order valence-corrected chi connectivity index (χ1v) is 8.33. The third-order valence-corrected chi connectivity index (χ3v) is 3.99. The molecule has 0 bridgehead atoms. The molecule has 2 aromatic carbocycles. The molecule has 0 aliphatic carbocycles. The van der Waals surface area contributed by atoms with Crippen LogP contribution >= 0.6 is 23.2 Å². The summed E-state index contributed by atoms with van der Waals surface area (Å²) in [7, 11) is 0. The molecule has 0 saturated carbocycles. The van der Waals surface area contributed by atoms with Gasteiger partial charge in [-0.25, -0.2) is 0 Å². The lowest BCUT2D eigenvalue weighted by molar-refractivity contribution is -0.125. The highest BCUT2D eigenvalue weighted by Crippen LogP contribution is 2.27. The molecule has 0 saturated heterocycles. The molecule has 2 N–H and O–H groups in total. The van der Waals surface area contributed by atoms with Crippen LogP contribution in [0.25, 0.3) is 0 Å². The van der Waals surface area contributed by atoms with E-state index in [0.717, 1.165) is 16.8 Å². The van der Waals surface area contributed by atoms with Crippen molar-refractivity contribution in [3.63, 3.8) is 0 Å². The lowest BCUT2D eigenvalue weighted by Crippen LogP contribution is -2.36. The molecular weight excluding hydrogens is 363 g/mol. The van der Waals surface area contributed by atoms with Crippen LogP contribution in [0.4, 0.5) is 5.69 Å². The van der Waals surface area contributed by atoms with Gasteiger partial charge in [-0.3, -0.25) is 9.59 Å². The van der Waals surface area contributed by atoms with E-state index in [0.29, 0.717) is 15.8 Å². The fraction of sp³-hybridized carbons (Fsp3) is 0.222. The van der Waals surface area contributed by atoms with Gasteiger partial charge in [0.15, 0.2) is 6.61 Å². The maximum atomic E-state index is 12.0. The van der Waals surface area contributed by atoms with Crippen molar-refractivity contribution in [3.05, 3.63) is 57.6 Å². The molecule has 2 amide bonds. The van der Waals surface area contributed by atoms with Crippen LogP contribution in [-0.4, -0.2) is 25.0 Å². The summed E-state index contributed by atoms with van der Waals surface area (Å²) in [6.45, 7) is 3.39. The Labute approximate surface area is 156 Å². The van der Waals surface area contributed by atoms with Crippen molar-refractivity contribution in [2.24, 2.45) is 0 Å². The van der Waals surface area contributed by atoms with Crippen molar-refractivity contribution in [1.29, 1.82) is 0 Å². The van der Waals surface area contributed by atoms with E-state index < -0.39 is 5.91 Å². The SMILES string of the molecule is Cc1cccc(C)c1NC(=O)CNC(=O)COc1cc(Cl)ccc1Cl. The van der Waals surface area contributed by atoms with Crippen molar-refractivity contribution in [3.8, 4) is 5.75 Å². The Balaban J connectivity index is 1.81. The van der Waals surface area contributed by atoms with Gasteiger partial charge in [0.2, 0.25) is 5.91 Å². The number of hydrogen-bond donors (Lipinski definition) is 2. The number of halogens is 2. The maximum Gasteiger partial charge on any atom is 0.258 e. The van der Waals surface area contributed by atoms with Crippen LogP contribution in [0.1, 0.15) is 11.1 Å². The van der Waals surface area contributed by atoms with E-state index in [-0.39, 0.29) is 19.1 Å². The van der Waals surface area contributed by atoms with Gasteiger partial charge < -0.3 is 15.4 Å². The summed E-state index contributed by atoms with van der Waals surface area (Å²) in [4.78, 5) is 23.8. The van der Waals surface area contributed by atoms with E-state index in [2.05, 4.69) is 10.6 Å². The van der Waals surface area contributed by atoms with Crippen molar-refractivity contribution in [2.75, 3.05) is 18.5 Å². The molecule has 2 rings (SSSR count). The molecule has 0 aromatic heterocycles. The Hall–Kier alpha value is -2.24. The number of amides is 2. The number of ether oxygens (including phenoxy) is 1. The summed E-state index contributed by atoms with van der Waals surface area (Å²) in [5.74, 6) is -0.441. The zero-order valence-electron chi connectivity index (χ0n) is 13.9. The predicted octanol–water partition coefficient (Wildman–Crippen LogP) is 3.74. The van der Waals surface area contributed by atoms with Gasteiger partial charge in [-0.2, -0.15) is 0 Å². The second-order valence-corrected chi connectivity index (χ2v) is 6.30. The molecule has 0 spiro atoms. The van der Waals surface area contributed by atoms with Gasteiger partial charge in [0, 0.05) is 16.8 Å². The van der Waals surface area contributed by atoms with Gasteiger partial charge in [0.25, 0.3) is 5.91 Å². The van der Waals surface area contributed by atoms with Crippen LogP contribution in [0.3, 0.4) is 0 Å². The van der Waals surface area contributed by atoms with Crippen LogP contribution in [-0.2, 0) is 9.59 Å². The maximum absolute atomic E-state index is 12.0. The Morgan fingerprint density at radius 1 is 1.04 bits per heavy atom. The van der Waals surface area contributed by atoms with E-state index in [1.54, 1.807) is 12.1 Å². The van der Waals surface area contributed by atoms with Crippen LogP contribution in [0.15, 0.2) is 36.4 Å². The monoisotopic (exact) mass is 380 g/mol. The molecule has 7 heteroatoms. The van der Waals surface area contributed by atoms with Crippen molar-refractivity contribution in [2.45, 2.75) is 13.8 Å². The standard InChI is InChI=1S/C18H18Cl2N2O3/c1-11-4-3-5-12(2)18(11)22-16(23)9-21-17(24)10-25-15-8-13(19)6-7-14(15)20/h3-8H,9-10H2,1-2H3,(H,21,24)(H,22,23). The predicted molar refractivity (Wildman–Crippen MR) is 99.5 cm³/mol. The van der Waals surface area contributed by atoms with Gasteiger partial charge in [-0.05, 0) is 37.1 Å². The Kier molecular flexibility index (Phi) is 6.67. The summed E-state index contributed by atoms with van der Waals surface area (Å²) in [6, 6.07) is 10.4. The number of nitrogens with one attached hydrogen (secondary N) is 2. The molecule has 0 unspecified atom stereocenters. The van der Waals surface area contributed by atoms with Crippen LogP contribution in [0.2, 0.25) is 10.0 Å². The highest BCUT2D eigenvalue weighted by Gasteiger charge is 2.10. The molecule has 2 aromatic rings. The minimum absolute atomic E-state index is 0.154. The summed E-state index contributed by atoms with van der Waals surface area (Å²) >= 11 is 11.8. The molecule has 0 heterocycles. The van der Waals surface area contributed by atoms with Crippen molar-refractivity contribution < 1.29 is 14.3 Å². The van der Waals surface area contributed by atoms with Gasteiger partial charge in [0.05, 0.1) is 11.6 Å². The van der Waals surface area contributed by atoms with E-state index >= 15 is 0 Å². The second-order valence-electron chi connectivity index (χ2n) is 5.46. The van der Waals surface area contributed by atoms with E-state index in [1.807, 2.05) is 32.0 Å². The molecule has 132 valence electrons. The Morgan fingerprint density at radius 2 is 1.72 bits per heavy atom. The van der Waals surface area contributed by atoms with E-state index in [1.165, 1.54) is 6.07 Å². The van der Waals surface area contributed by atoms with Crippen molar-refractivity contribution in [1.82, 2.24) is 5.32 Å². The van der Waals surface area contributed by atoms with Gasteiger partial charge in [-0.15, -0.1) is 0 Å². The van der Waals surface area contributed by atoms with E-state index in [9.17, 15) is 9.59 Å². The lowest BCUT2D eigenvalue weighted by Gasteiger charge is -2.12. The van der Waals surface area contributed by atoms with Crippen LogP contribution in [0, 0.1) is 13.8 Å². The first-order valence-electron chi connectivity index (χ1n) is 7.57. The van der Waals surface area contributed by atoms with Gasteiger partial charge in [0.1, 0.15) is 5.75 Å². The zero-order chi connectivity index (χ0) is 18.4. The number of anilines is 1. The minimum Gasteiger partial charge on any atom is -0.482 e. The number of hydrogen-bond acceptors (Lipinski definition) is 3. The number of rotatable bonds is 6. The molecule has 0 atom stereocenters. The summed E-state index contributed by atoms with van der Waals surface area (Å²) < 4.78 is 5.31. The quantitative estimate of drug-likeness (QED) is 0.801. The lowest BCUT2D eigenvalue weighted by atomic mass is 10.1. The number of carbonyl (C=O) groups is 2. The Bertz CT molecular complexity index is 774. The van der Waals surface area contributed by atoms with E-state index in [4.69, 9.17) is 27.9 Å². The number of carbonyl (C=O) groups excluding carboxylic acids is 2.